The largest absolute Gasteiger partial charge is 0.352 e. The molecule has 3 nitrogen and oxygen atoms in total. The van der Waals surface area contributed by atoms with Crippen LogP contribution in [-0.4, -0.2) is 12.5 Å². The van der Waals surface area contributed by atoms with E-state index in [2.05, 4.69) is 23.5 Å². The van der Waals surface area contributed by atoms with Crippen LogP contribution in [-0.2, 0) is 11.3 Å². The fourth-order valence-electron chi connectivity index (χ4n) is 1.99. The molecule has 0 atom stereocenters. The Morgan fingerprint density at radius 1 is 1.11 bits per heavy atom. The Labute approximate surface area is 107 Å². The molecule has 0 aliphatic rings. The summed E-state index contributed by atoms with van der Waals surface area (Å²) in [7, 11) is 0. The molecule has 0 aliphatic carbocycles. The molecule has 2 aromatic carbocycles. The first-order valence-corrected chi connectivity index (χ1v) is 6.24. The van der Waals surface area contributed by atoms with Gasteiger partial charge in [0, 0.05) is 13.0 Å². The van der Waals surface area contributed by atoms with Crippen LogP contribution in [0.15, 0.2) is 42.5 Å². The van der Waals surface area contributed by atoms with Gasteiger partial charge in [-0.05, 0) is 29.3 Å². The molecule has 0 heterocycles. The summed E-state index contributed by atoms with van der Waals surface area (Å²) in [6.45, 7) is 1.13. The number of nitrogens with one attached hydrogen (secondary N) is 1. The lowest BCUT2D eigenvalue weighted by Crippen LogP contribution is -2.23. The average Bonchev–Trinajstić information content (AvgIpc) is 2.42. The highest BCUT2D eigenvalue weighted by atomic mass is 16.1. The predicted octanol–water partition coefficient (Wildman–Crippen LogP) is 2.19. The molecule has 1 amide bonds. The molecule has 18 heavy (non-hydrogen) atoms. The maximum atomic E-state index is 11.5. The lowest BCUT2D eigenvalue weighted by molar-refractivity contribution is -0.121. The summed E-state index contributed by atoms with van der Waals surface area (Å²) in [4.78, 5) is 11.5. The summed E-state index contributed by atoms with van der Waals surface area (Å²) < 4.78 is 0. The molecule has 0 radical (unpaired) electrons. The van der Waals surface area contributed by atoms with Crippen LogP contribution in [0.5, 0.6) is 0 Å². The first-order valence-electron chi connectivity index (χ1n) is 6.24. The van der Waals surface area contributed by atoms with Crippen LogP contribution >= 0.6 is 0 Å². The fraction of sp³-hybridized carbons (Fsp3) is 0.267. The monoisotopic (exact) mass is 242 g/mol. The van der Waals surface area contributed by atoms with Gasteiger partial charge in [-0.15, -0.1) is 0 Å². The van der Waals surface area contributed by atoms with E-state index in [4.69, 9.17) is 5.73 Å². The first-order chi connectivity index (χ1) is 8.81. The molecule has 0 aromatic heterocycles. The van der Waals surface area contributed by atoms with Crippen LogP contribution in [0.2, 0.25) is 0 Å². The van der Waals surface area contributed by atoms with Gasteiger partial charge in [0.25, 0.3) is 0 Å². The van der Waals surface area contributed by atoms with Crippen molar-refractivity contribution in [2.24, 2.45) is 5.73 Å². The predicted molar refractivity (Wildman–Crippen MR) is 74.1 cm³/mol. The summed E-state index contributed by atoms with van der Waals surface area (Å²) in [5.74, 6) is 0.0633. The van der Waals surface area contributed by atoms with E-state index in [-0.39, 0.29) is 5.91 Å². The molecule has 2 aromatic rings. The summed E-state index contributed by atoms with van der Waals surface area (Å²) in [5.41, 5.74) is 6.53. The third kappa shape index (κ3) is 3.08. The Morgan fingerprint density at radius 3 is 2.72 bits per heavy atom. The Hall–Kier alpha value is -1.87. The van der Waals surface area contributed by atoms with Crippen molar-refractivity contribution < 1.29 is 4.79 Å². The van der Waals surface area contributed by atoms with Crippen molar-refractivity contribution >= 4 is 16.7 Å². The smallest absolute Gasteiger partial charge is 0.220 e. The van der Waals surface area contributed by atoms with Crippen molar-refractivity contribution in [3.63, 3.8) is 0 Å². The SMILES string of the molecule is NCCCC(=O)NCc1cccc2ccccc12. The van der Waals surface area contributed by atoms with E-state index in [0.717, 1.165) is 12.0 Å². The zero-order chi connectivity index (χ0) is 12.8. The van der Waals surface area contributed by atoms with Gasteiger partial charge in [0.1, 0.15) is 0 Å². The van der Waals surface area contributed by atoms with Crippen LogP contribution in [0.1, 0.15) is 18.4 Å². The Morgan fingerprint density at radius 2 is 1.89 bits per heavy atom. The van der Waals surface area contributed by atoms with Gasteiger partial charge in [-0.1, -0.05) is 42.5 Å². The van der Waals surface area contributed by atoms with Gasteiger partial charge in [-0.3, -0.25) is 4.79 Å². The van der Waals surface area contributed by atoms with E-state index >= 15 is 0 Å². The van der Waals surface area contributed by atoms with Gasteiger partial charge < -0.3 is 11.1 Å². The maximum Gasteiger partial charge on any atom is 0.220 e. The van der Waals surface area contributed by atoms with Crippen molar-refractivity contribution in [2.75, 3.05) is 6.54 Å². The zero-order valence-electron chi connectivity index (χ0n) is 10.4. The maximum absolute atomic E-state index is 11.5. The number of carbonyl (C=O) groups is 1. The Bertz CT molecular complexity index is 532. The van der Waals surface area contributed by atoms with Gasteiger partial charge >= 0.3 is 0 Å². The minimum Gasteiger partial charge on any atom is -0.352 e. The molecule has 0 spiro atoms. The lowest BCUT2D eigenvalue weighted by atomic mass is 10.0. The molecule has 0 fully saturated rings. The van der Waals surface area contributed by atoms with Crippen LogP contribution in [0.4, 0.5) is 0 Å². The molecule has 0 bridgehead atoms. The van der Waals surface area contributed by atoms with Crippen LogP contribution in [0.25, 0.3) is 10.8 Å². The van der Waals surface area contributed by atoms with Crippen molar-refractivity contribution in [1.29, 1.82) is 0 Å². The van der Waals surface area contributed by atoms with Gasteiger partial charge in [0.05, 0.1) is 0 Å². The molecule has 2 rings (SSSR count). The minimum absolute atomic E-state index is 0.0633. The number of carbonyl (C=O) groups excluding carboxylic acids is 1. The summed E-state index contributed by atoms with van der Waals surface area (Å²) >= 11 is 0. The molecule has 3 N–H and O–H groups in total. The number of benzene rings is 2. The van der Waals surface area contributed by atoms with Crippen molar-refractivity contribution in [1.82, 2.24) is 5.32 Å². The second-order valence-corrected chi connectivity index (χ2v) is 4.31. The van der Waals surface area contributed by atoms with E-state index in [0.29, 0.717) is 19.5 Å². The van der Waals surface area contributed by atoms with Crippen LogP contribution in [0, 0.1) is 0 Å². The number of hydrogen-bond donors (Lipinski definition) is 2. The highest BCUT2D eigenvalue weighted by molar-refractivity contribution is 5.86. The fourth-order valence-corrected chi connectivity index (χ4v) is 1.99. The molecule has 94 valence electrons. The number of hydrogen-bond acceptors (Lipinski definition) is 2. The molecule has 0 saturated heterocycles. The third-order valence-electron chi connectivity index (χ3n) is 2.96. The molecular weight excluding hydrogens is 224 g/mol. The number of nitrogens with two attached hydrogens (primary N) is 1. The Kier molecular flexibility index (Phi) is 4.31. The van der Waals surface area contributed by atoms with Crippen LogP contribution in [0.3, 0.4) is 0 Å². The summed E-state index contributed by atoms with van der Waals surface area (Å²) in [6, 6.07) is 14.3. The van der Waals surface area contributed by atoms with E-state index in [1.54, 1.807) is 0 Å². The number of amides is 1. The van der Waals surface area contributed by atoms with E-state index < -0.39 is 0 Å². The average molecular weight is 242 g/mol. The van der Waals surface area contributed by atoms with Crippen molar-refractivity contribution in [3.05, 3.63) is 48.0 Å². The molecule has 0 aliphatic heterocycles. The summed E-state index contributed by atoms with van der Waals surface area (Å²) in [5, 5.41) is 5.33. The van der Waals surface area contributed by atoms with Crippen LogP contribution < -0.4 is 11.1 Å². The van der Waals surface area contributed by atoms with E-state index in [1.165, 1.54) is 10.8 Å². The minimum atomic E-state index is 0.0633. The first kappa shape index (κ1) is 12.6. The van der Waals surface area contributed by atoms with Gasteiger partial charge in [-0.25, -0.2) is 0 Å². The van der Waals surface area contributed by atoms with Crippen molar-refractivity contribution in [2.45, 2.75) is 19.4 Å². The molecule has 3 heteroatoms. The standard InChI is InChI=1S/C15H18N2O/c16-10-4-9-15(18)17-11-13-7-3-6-12-5-1-2-8-14(12)13/h1-3,5-8H,4,9-11,16H2,(H,17,18). The highest BCUT2D eigenvalue weighted by Crippen LogP contribution is 2.18. The molecule has 0 unspecified atom stereocenters. The van der Waals surface area contributed by atoms with Gasteiger partial charge in [0.15, 0.2) is 0 Å². The quantitative estimate of drug-likeness (QED) is 0.844. The lowest BCUT2D eigenvalue weighted by Gasteiger charge is -2.08. The highest BCUT2D eigenvalue weighted by Gasteiger charge is 2.03. The van der Waals surface area contributed by atoms with E-state index in [1.807, 2.05) is 24.3 Å². The molecular formula is C15H18N2O. The molecule has 0 saturated carbocycles. The van der Waals surface area contributed by atoms with E-state index in [9.17, 15) is 4.79 Å². The number of fused-ring (bicyclic) bond motifs is 1. The topological polar surface area (TPSA) is 55.1 Å². The second kappa shape index (κ2) is 6.17. The Balaban J connectivity index is 2.05. The second-order valence-electron chi connectivity index (χ2n) is 4.31. The summed E-state index contributed by atoms with van der Waals surface area (Å²) in [6.07, 6.45) is 1.24. The number of rotatable bonds is 5. The van der Waals surface area contributed by atoms with Crippen molar-refractivity contribution in [3.8, 4) is 0 Å². The van der Waals surface area contributed by atoms with Gasteiger partial charge in [-0.2, -0.15) is 0 Å². The third-order valence-corrected chi connectivity index (χ3v) is 2.96. The zero-order valence-corrected chi connectivity index (χ0v) is 10.4. The van der Waals surface area contributed by atoms with Gasteiger partial charge in [0.2, 0.25) is 5.91 Å². The normalized spacial score (nSPS) is 10.5.